The van der Waals surface area contributed by atoms with Crippen LogP contribution in [0.2, 0.25) is 0 Å². The van der Waals surface area contributed by atoms with Gasteiger partial charge in [-0.1, -0.05) is 6.07 Å². The Hall–Kier alpha value is -1.98. The Morgan fingerprint density at radius 1 is 1.28 bits per heavy atom. The Labute approximate surface area is 103 Å². The monoisotopic (exact) mass is 257 g/mol. The lowest BCUT2D eigenvalue weighted by Crippen LogP contribution is -2.33. The number of nitrogens with zero attached hydrogens (tertiary/aromatic N) is 1. The number of halogens is 2. The fourth-order valence-corrected chi connectivity index (χ4v) is 1.31. The topological polar surface area (TPSA) is 46.6 Å². The van der Waals surface area contributed by atoms with Gasteiger partial charge in [-0.25, -0.2) is 8.78 Å². The molecule has 1 aromatic rings. The molecule has 0 aliphatic carbocycles. The molecule has 0 saturated heterocycles. The second kappa shape index (κ2) is 6.09. The van der Waals surface area contributed by atoms with Gasteiger partial charge in [0.15, 0.2) is 11.6 Å². The van der Waals surface area contributed by atoms with E-state index in [4.69, 9.17) is 0 Å². The van der Waals surface area contributed by atoms with E-state index < -0.39 is 17.6 Å². The molecule has 1 rings (SSSR count). The molecule has 0 spiro atoms. The Bertz CT molecular complexity index is 463. The van der Waals surface area contributed by atoms with Crippen LogP contribution in [0.25, 0.3) is 0 Å². The summed E-state index contributed by atoms with van der Waals surface area (Å²) in [7, 11) is 2.65. The lowest BCUT2D eigenvalue weighted by atomic mass is 10.1. The molecule has 0 fully saturated rings. The molecule has 1 aromatic carbocycles. The van der Waals surface area contributed by atoms with E-state index in [1.807, 2.05) is 0 Å². The summed E-state index contributed by atoms with van der Waals surface area (Å²) in [5.41, 5.74) is 0.343. The molecule has 0 bridgehead atoms. The first kappa shape index (κ1) is 14.1. The zero-order chi connectivity index (χ0) is 13.7. The van der Waals surface area contributed by atoms with Crippen LogP contribution in [0.5, 0.6) is 0 Å². The molecule has 98 valence electrons. The summed E-state index contributed by atoms with van der Waals surface area (Å²) in [4.78, 5) is 23.8. The first-order valence-corrected chi connectivity index (χ1v) is 5.18. The van der Waals surface area contributed by atoms with Gasteiger partial charge in [-0.15, -0.1) is 0 Å². The van der Waals surface area contributed by atoms with Gasteiger partial charge in [0.2, 0.25) is 5.91 Å². The van der Waals surface area contributed by atoms with E-state index in [1.54, 1.807) is 0 Å². The number of methoxy groups -OCH3 is 1. The molecule has 0 saturated carbocycles. The van der Waals surface area contributed by atoms with Crippen molar-refractivity contribution in [3.63, 3.8) is 0 Å². The quantitative estimate of drug-likeness (QED) is 0.760. The van der Waals surface area contributed by atoms with Gasteiger partial charge in [0.25, 0.3) is 0 Å². The molecule has 0 N–H and O–H groups in total. The number of hydrogen-bond donors (Lipinski definition) is 0. The minimum atomic E-state index is -1.00. The number of ether oxygens (including phenoxy) is 1. The zero-order valence-corrected chi connectivity index (χ0v) is 10.1. The molecule has 0 aliphatic rings. The van der Waals surface area contributed by atoms with Gasteiger partial charge < -0.3 is 9.64 Å². The predicted molar refractivity (Wildman–Crippen MR) is 59.7 cm³/mol. The van der Waals surface area contributed by atoms with Gasteiger partial charge in [0, 0.05) is 7.05 Å². The molecule has 4 nitrogen and oxygen atoms in total. The highest BCUT2D eigenvalue weighted by Gasteiger charge is 2.14. The molecule has 0 unspecified atom stereocenters. The summed E-state index contributed by atoms with van der Waals surface area (Å²) >= 11 is 0. The molecule has 0 aliphatic heterocycles. The summed E-state index contributed by atoms with van der Waals surface area (Å²) < 4.78 is 30.0. The average Bonchev–Trinajstić information content (AvgIpc) is 2.33. The molecule has 1 amide bonds. The lowest BCUT2D eigenvalue weighted by molar-refractivity contribution is -0.145. The summed E-state index contributed by atoms with van der Waals surface area (Å²) in [6.07, 6.45) is -0.106. The highest BCUT2D eigenvalue weighted by molar-refractivity contribution is 5.83. The fraction of sp³-hybridized carbons (Fsp3) is 0.333. The van der Waals surface area contributed by atoms with Crippen molar-refractivity contribution in [2.24, 2.45) is 0 Å². The maximum absolute atomic E-state index is 12.9. The van der Waals surface area contributed by atoms with Crippen LogP contribution in [0.3, 0.4) is 0 Å². The van der Waals surface area contributed by atoms with Crippen molar-refractivity contribution in [1.29, 1.82) is 0 Å². The fourth-order valence-electron chi connectivity index (χ4n) is 1.31. The highest BCUT2D eigenvalue weighted by Crippen LogP contribution is 2.10. The van der Waals surface area contributed by atoms with Crippen LogP contribution in [0.4, 0.5) is 8.78 Å². The van der Waals surface area contributed by atoms with Crippen molar-refractivity contribution in [2.75, 3.05) is 20.7 Å². The molecule has 6 heteroatoms. The van der Waals surface area contributed by atoms with Crippen molar-refractivity contribution >= 4 is 11.9 Å². The van der Waals surface area contributed by atoms with Gasteiger partial charge >= 0.3 is 5.97 Å². The number of carbonyl (C=O) groups is 2. The van der Waals surface area contributed by atoms with Crippen LogP contribution in [-0.4, -0.2) is 37.5 Å². The number of rotatable bonds is 4. The van der Waals surface area contributed by atoms with Crippen molar-refractivity contribution < 1.29 is 23.1 Å². The second-order valence-electron chi connectivity index (χ2n) is 3.75. The maximum atomic E-state index is 12.9. The Morgan fingerprint density at radius 2 is 1.94 bits per heavy atom. The summed E-state index contributed by atoms with van der Waals surface area (Å²) in [6, 6.07) is 3.24. The molecule has 0 heterocycles. The molecule has 0 radical (unpaired) electrons. The number of carbonyl (C=O) groups excluding carboxylic acids is 2. The minimum absolute atomic E-state index is 0.106. The van der Waals surface area contributed by atoms with E-state index >= 15 is 0 Å². The largest absolute Gasteiger partial charge is 0.468 e. The SMILES string of the molecule is COC(=O)CN(C)C(=O)Cc1ccc(F)c(F)c1. The normalized spacial score (nSPS) is 10.0. The maximum Gasteiger partial charge on any atom is 0.325 e. The Balaban J connectivity index is 2.63. The van der Waals surface area contributed by atoms with Crippen LogP contribution in [0, 0.1) is 11.6 Å². The van der Waals surface area contributed by atoms with Crippen molar-refractivity contribution in [3.05, 3.63) is 35.4 Å². The zero-order valence-electron chi connectivity index (χ0n) is 10.1. The van der Waals surface area contributed by atoms with Gasteiger partial charge in [-0.2, -0.15) is 0 Å². The van der Waals surface area contributed by atoms with Crippen LogP contribution in [0.1, 0.15) is 5.56 Å². The van der Waals surface area contributed by atoms with E-state index in [1.165, 1.54) is 20.2 Å². The first-order valence-electron chi connectivity index (χ1n) is 5.18. The van der Waals surface area contributed by atoms with Gasteiger partial charge in [-0.05, 0) is 17.7 Å². The molecule has 0 atom stereocenters. The van der Waals surface area contributed by atoms with E-state index in [2.05, 4.69) is 4.74 Å². The Morgan fingerprint density at radius 3 is 2.50 bits per heavy atom. The van der Waals surface area contributed by atoms with E-state index in [0.717, 1.165) is 17.0 Å². The molecule has 18 heavy (non-hydrogen) atoms. The van der Waals surface area contributed by atoms with Crippen LogP contribution in [-0.2, 0) is 20.7 Å². The highest BCUT2D eigenvalue weighted by atomic mass is 19.2. The van der Waals surface area contributed by atoms with Crippen LogP contribution in [0.15, 0.2) is 18.2 Å². The average molecular weight is 257 g/mol. The smallest absolute Gasteiger partial charge is 0.325 e. The van der Waals surface area contributed by atoms with Gasteiger partial charge in [0.1, 0.15) is 6.54 Å². The number of esters is 1. The second-order valence-corrected chi connectivity index (χ2v) is 3.75. The third-order valence-corrected chi connectivity index (χ3v) is 2.36. The van der Waals surface area contributed by atoms with Crippen LogP contribution >= 0.6 is 0 Å². The first-order chi connectivity index (χ1) is 8.43. The third kappa shape index (κ3) is 3.80. The van der Waals surface area contributed by atoms with Crippen LogP contribution < -0.4 is 0 Å². The standard InChI is InChI=1S/C12H13F2NO3/c1-15(7-12(17)18-2)11(16)6-8-3-4-9(13)10(14)5-8/h3-5H,6-7H2,1-2H3. The lowest BCUT2D eigenvalue weighted by Gasteiger charge is -2.15. The van der Waals surface area contributed by atoms with E-state index in [-0.39, 0.29) is 18.9 Å². The number of likely N-dealkylation sites (N-methyl/N-ethyl adjacent to an activating group) is 1. The predicted octanol–water partition coefficient (Wildman–Crippen LogP) is 1.14. The summed E-state index contributed by atoms with van der Waals surface area (Å²) in [6.45, 7) is -0.182. The third-order valence-electron chi connectivity index (χ3n) is 2.36. The minimum Gasteiger partial charge on any atom is -0.468 e. The van der Waals surface area contributed by atoms with Gasteiger partial charge in [0.05, 0.1) is 13.5 Å². The summed E-state index contributed by atoms with van der Waals surface area (Å²) in [5.74, 6) is -2.90. The Kier molecular flexibility index (Phi) is 4.76. The molecular weight excluding hydrogens is 244 g/mol. The number of hydrogen-bond acceptors (Lipinski definition) is 3. The van der Waals surface area contributed by atoms with E-state index in [0.29, 0.717) is 5.56 Å². The van der Waals surface area contributed by atoms with Crippen molar-refractivity contribution in [3.8, 4) is 0 Å². The number of benzene rings is 1. The molecular formula is C12H13F2NO3. The number of amides is 1. The summed E-state index contributed by atoms with van der Waals surface area (Å²) in [5, 5.41) is 0. The van der Waals surface area contributed by atoms with Crippen molar-refractivity contribution in [1.82, 2.24) is 4.90 Å². The van der Waals surface area contributed by atoms with Gasteiger partial charge in [-0.3, -0.25) is 9.59 Å². The molecule has 0 aromatic heterocycles. The van der Waals surface area contributed by atoms with Crippen molar-refractivity contribution in [2.45, 2.75) is 6.42 Å². The van der Waals surface area contributed by atoms with E-state index in [9.17, 15) is 18.4 Å².